The number of hydrogen-bond acceptors (Lipinski definition) is 3. The van der Waals surface area contributed by atoms with Crippen molar-refractivity contribution >= 4 is 40.5 Å². The van der Waals surface area contributed by atoms with Gasteiger partial charge in [-0.15, -0.1) is 0 Å². The summed E-state index contributed by atoms with van der Waals surface area (Å²) in [6, 6.07) is 15.0. The van der Waals surface area contributed by atoms with Gasteiger partial charge in [0.25, 0.3) is 0 Å². The van der Waals surface area contributed by atoms with E-state index in [1.54, 1.807) is 18.3 Å². The van der Waals surface area contributed by atoms with E-state index < -0.39 is 0 Å². The summed E-state index contributed by atoms with van der Waals surface area (Å²) in [7, 11) is 0. The van der Waals surface area contributed by atoms with Crippen LogP contribution in [0.5, 0.6) is 0 Å². The van der Waals surface area contributed by atoms with Crippen LogP contribution in [0.3, 0.4) is 0 Å². The third-order valence-electron chi connectivity index (χ3n) is 4.87. The fourth-order valence-corrected chi connectivity index (χ4v) is 4.47. The summed E-state index contributed by atoms with van der Waals surface area (Å²) in [6.07, 6.45) is 1.79. The largest absolute Gasteiger partial charge is 0.459 e. The number of benzene rings is 1. The molecular weight excluding hydrogens is 425 g/mol. The van der Waals surface area contributed by atoms with E-state index in [2.05, 4.69) is 29.0 Å². The molecule has 4 nitrogen and oxygen atoms in total. The number of nitrogens with one attached hydrogen (secondary N) is 1. The Morgan fingerprint density at radius 1 is 1.17 bits per heavy atom. The molecule has 1 aromatic carbocycles. The van der Waals surface area contributed by atoms with Crippen molar-refractivity contribution in [1.29, 1.82) is 0 Å². The van der Waals surface area contributed by atoms with Gasteiger partial charge in [0.05, 0.1) is 16.8 Å². The Balaban J connectivity index is 1.74. The van der Waals surface area contributed by atoms with Crippen LogP contribution in [0.2, 0.25) is 10.0 Å². The second kappa shape index (κ2) is 8.34. The summed E-state index contributed by atoms with van der Waals surface area (Å²) in [5.74, 6) is 1.96. The Morgan fingerprint density at radius 3 is 2.69 bits per heavy atom. The first-order chi connectivity index (χ1) is 13.9. The maximum absolute atomic E-state index is 6.38. The lowest BCUT2D eigenvalue weighted by Crippen LogP contribution is -2.32. The number of halogens is 2. The number of pyridine rings is 1. The smallest absolute Gasteiger partial charge is 0.170 e. The van der Waals surface area contributed by atoms with Gasteiger partial charge in [0.2, 0.25) is 0 Å². The highest BCUT2D eigenvalue weighted by Gasteiger charge is 2.41. The van der Waals surface area contributed by atoms with Crippen molar-refractivity contribution in [3.63, 3.8) is 0 Å². The average Bonchev–Trinajstić information content (AvgIpc) is 3.27. The second-order valence-electron chi connectivity index (χ2n) is 7.50. The molecule has 1 N–H and O–H groups in total. The minimum atomic E-state index is -0.0976. The molecule has 2 atom stereocenters. The molecule has 0 amide bonds. The lowest BCUT2D eigenvalue weighted by molar-refractivity contribution is 0.253. The van der Waals surface area contributed by atoms with Crippen LogP contribution >= 0.6 is 35.4 Å². The molecule has 4 rings (SSSR count). The van der Waals surface area contributed by atoms with Crippen molar-refractivity contribution in [1.82, 2.24) is 15.2 Å². The second-order valence-corrected chi connectivity index (χ2v) is 8.73. The SMILES string of the molecule is CC(C)CN1C(=S)NC(c2ccccn2)C1c1ccc(-c2ccc(Cl)cc2Cl)o1. The van der Waals surface area contributed by atoms with Crippen LogP contribution in [0, 0.1) is 5.92 Å². The molecule has 1 aliphatic heterocycles. The van der Waals surface area contributed by atoms with Gasteiger partial charge in [-0.2, -0.15) is 0 Å². The lowest BCUT2D eigenvalue weighted by Gasteiger charge is -2.27. The molecule has 1 fully saturated rings. The quantitative estimate of drug-likeness (QED) is 0.468. The van der Waals surface area contributed by atoms with E-state index in [-0.39, 0.29) is 12.1 Å². The normalized spacial score (nSPS) is 19.1. The zero-order valence-electron chi connectivity index (χ0n) is 16.1. The molecule has 2 unspecified atom stereocenters. The van der Waals surface area contributed by atoms with Crippen molar-refractivity contribution in [2.45, 2.75) is 25.9 Å². The summed E-state index contributed by atoms with van der Waals surface area (Å²) in [5, 5.41) is 5.29. The Hall–Kier alpha value is -2.08. The number of aromatic nitrogens is 1. The Kier molecular flexibility index (Phi) is 5.81. The number of hydrogen-bond donors (Lipinski definition) is 1. The van der Waals surface area contributed by atoms with Gasteiger partial charge in [0, 0.05) is 23.3 Å². The van der Waals surface area contributed by atoms with Gasteiger partial charge in [0.15, 0.2) is 5.11 Å². The van der Waals surface area contributed by atoms with E-state index in [1.807, 2.05) is 36.4 Å². The zero-order valence-corrected chi connectivity index (χ0v) is 18.4. The van der Waals surface area contributed by atoms with Crippen LogP contribution < -0.4 is 5.32 Å². The van der Waals surface area contributed by atoms with E-state index in [0.29, 0.717) is 26.8 Å². The molecule has 3 aromatic rings. The van der Waals surface area contributed by atoms with Crippen molar-refractivity contribution < 1.29 is 4.42 Å². The van der Waals surface area contributed by atoms with Gasteiger partial charge < -0.3 is 14.6 Å². The van der Waals surface area contributed by atoms with Crippen molar-refractivity contribution in [2.24, 2.45) is 5.92 Å². The fourth-order valence-electron chi connectivity index (χ4n) is 3.65. The van der Waals surface area contributed by atoms with Crippen LogP contribution in [0.15, 0.2) is 59.1 Å². The molecule has 1 aliphatic rings. The van der Waals surface area contributed by atoms with Gasteiger partial charge in [-0.1, -0.05) is 43.1 Å². The van der Waals surface area contributed by atoms with Crippen LogP contribution in [0.25, 0.3) is 11.3 Å². The van der Waals surface area contributed by atoms with Crippen LogP contribution in [0.4, 0.5) is 0 Å². The standard InChI is InChI=1S/C22H21Cl2N3OS/c1-13(2)12-27-21(20(26-22(27)29)17-5-3-4-10-25-17)19-9-8-18(28-19)15-7-6-14(23)11-16(15)24/h3-11,13,20-21H,12H2,1-2H3,(H,26,29). The maximum atomic E-state index is 6.38. The van der Waals surface area contributed by atoms with Gasteiger partial charge in [-0.25, -0.2) is 0 Å². The molecular formula is C22H21Cl2N3OS. The molecule has 0 saturated carbocycles. The first-order valence-corrected chi connectivity index (χ1v) is 10.6. The topological polar surface area (TPSA) is 41.3 Å². The minimum absolute atomic E-state index is 0.0952. The molecule has 150 valence electrons. The minimum Gasteiger partial charge on any atom is -0.459 e. The third-order valence-corrected chi connectivity index (χ3v) is 5.77. The highest BCUT2D eigenvalue weighted by molar-refractivity contribution is 7.80. The van der Waals surface area contributed by atoms with Gasteiger partial charge in [-0.05, 0) is 60.6 Å². The van der Waals surface area contributed by atoms with E-state index in [1.165, 1.54) is 0 Å². The number of furan rings is 1. The summed E-state index contributed by atoms with van der Waals surface area (Å²) >= 11 is 18.1. The zero-order chi connectivity index (χ0) is 20.5. The number of nitrogens with zero attached hydrogens (tertiary/aromatic N) is 2. The molecule has 0 spiro atoms. The first kappa shape index (κ1) is 20.2. The van der Waals surface area contributed by atoms with E-state index >= 15 is 0 Å². The van der Waals surface area contributed by atoms with Crippen LogP contribution in [0.1, 0.15) is 37.4 Å². The molecule has 1 saturated heterocycles. The first-order valence-electron chi connectivity index (χ1n) is 9.47. The average molecular weight is 446 g/mol. The molecule has 2 aromatic heterocycles. The summed E-state index contributed by atoms with van der Waals surface area (Å²) in [4.78, 5) is 6.73. The van der Waals surface area contributed by atoms with Crippen molar-refractivity contribution in [3.8, 4) is 11.3 Å². The Morgan fingerprint density at radius 2 is 2.00 bits per heavy atom. The van der Waals surface area contributed by atoms with Crippen molar-refractivity contribution in [3.05, 3.63) is 76.2 Å². The summed E-state index contributed by atoms with van der Waals surface area (Å²) in [5.41, 5.74) is 1.73. The maximum Gasteiger partial charge on any atom is 0.170 e. The van der Waals surface area contributed by atoms with Gasteiger partial charge in [0.1, 0.15) is 17.6 Å². The predicted molar refractivity (Wildman–Crippen MR) is 121 cm³/mol. The Bertz CT molecular complexity index is 1020. The molecule has 29 heavy (non-hydrogen) atoms. The third kappa shape index (κ3) is 4.13. The number of rotatable bonds is 5. The highest BCUT2D eigenvalue weighted by atomic mass is 35.5. The monoisotopic (exact) mass is 445 g/mol. The van der Waals surface area contributed by atoms with Crippen LogP contribution in [-0.4, -0.2) is 21.5 Å². The highest BCUT2D eigenvalue weighted by Crippen LogP contribution is 2.41. The van der Waals surface area contributed by atoms with Gasteiger partial charge >= 0.3 is 0 Å². The van der Waals surface area contributed by atoms with Crippen molar-refractivity contribution in [2.75, 3.05) is 6.54 Å². The molecule has 7 heteroatoms. The number of thiocarbonyl (C=S) groups is 1. The van der Waals surface area contributed by atoms with E-state index in [4.69, 9.17) is 39.8 Å². The molecule has 3 heterocycles. The predicted octanol–water partition coefficient (Wildman–Crippen LogP) is 6.28. The summed E-state index contributed by atoms with van der Waals surface area (Å²) in [6.45, 7) is 5.17. The molecule has 0 bridgehead atoms. The summed E-state index contributed by atoms with van der Waals surface area (Å²) < 4.78 is 6.29. The van der Waals surface area contributed by atoms with Gasteiger partial charge in [-0.3, -0.25) is 4.98 Å². The molecule has 0 radical (unpaired) electrons. The van der Waals surface area contributed by atoms with E-state index in [0.717, 1.165) is 23.6 Å². The Labute approximate surface area is 185 Å². The van der Waals surface area contributed by atoms with E-state index in [9.17, 15) is 0 Å². The lowest BCUT2D eigenvalue weighted by atomic mass is 10.0. The van der Waals surface area contributed by atoms with Crippen LogP contribution in [-0.2, 0) is 0 Å². The molecule has 0 aliphatic carbocycles. The fraction of sp³-hybridized carbons (Fsp3) is 0.273.